The third kappa shape index (κ3) is 3.55. The fourth-order valence-corrected chi connectivity index (χ4v) is 3.67. The van der Waals surface area contributed by atoms with Crippen LogP contribution in [0.3, 0.4) is 0 Å². The number of aromatic nitrogens is 2. The van der Waals surface area contributed by atoms with E-state index in [0.717, 1.165) is 15.6 Å². The van der Waals surface area contributed by atoms with E-state index >= 15 is 0 Å². The summed E-state index contributed by atoms with van der Waals surface area (Å²) in [5.74, 6) is 1.14. The Bertz CT molecular complexity index is 953. The summed E-state index contributed by atoms with van der Waals surface area (Å²) < 4.78 is 6.41. The Morgan fingerprint density at radius 3 is 2.88 bits per heavy atom. The molecule has 0 radical (unpaired) electrons. The fourth-order valence-electron chi connectivity index (χ4n) is 3.27. The van der Waals surface area contributed by atoms with Gasteiger partial charge in [0.15, 0.2) is 0 Å². The van der Waals surface area contributed by atoms with Gasteiger partial charge in [-0.05, 0) is 24.6 Å². The van der Waals surface area contributed by atoms with Crippen LogP contribution in [0.1, 0.15) is 29.4 Å². The zero-order valence-corrected chi connectivity index (χ0v) is 15.9. The highest BCUT2D eigenvalue weighted by molar-refractivity contribution is 9.10. The maximum Gasteiger partial charge on any atom is 0.232 e. The molecular formula is C20H18BrN3O2. The quantitative estimate of drug-likeness (QED) is 0.640. The van der Waals surface area contributed by atoms with Crippen LogP contribution in [0.5, 0.6) is 0 Å². The number of hydrogen-bond acceptors (Lipinski definition) is 4. The minimum atomic E-state index is -0.0549. The van der Waals surface area contributed by atoms with Crippen LogP contribution < -0.4 is 0 Å². The molecule has 5 nitrogen and oxygen atoms in total. The molecule has 0 N–H and O–H groups in total. The summed E-state index contributed by atoms with van der Waals surface area (Å²) in [5, 5.41) is 4.08. The van der Waals surface area contributed by atoms with E-state index in [2.05, 4.69) is 45.1 Å². The van der Waals surface area contributed by atoms with Gasteiger partial charge in [-0.2, -0.15) is 4.98 Å². The Morgan fingerprint density at radius 1 is 1.23 bits per heavy atom. The van der Waals surface area contributed by atoms with Crippen molar-refractivity contribution in [1.29, 1.82) is 0 Å². The van der Waals surface area contributed by atoms with E-state index < -0.39 is 0 Å². The highest BCUT2D eigenvalue weighted by Gasteiger charge is 2.34. The molecule has 1 amide bonds. The molecule has 1 aliphatic rings. The number of rotatable bonds is 4. The van der Waals surface area contributed by atoms with Gasteiger partial charge < -0.3 is 9.42 Å². The van der Waals surface area contributed by atoms with Crippen molar-refractivity contribution in [2.45, 2.75) is 25.8 Å². The predicted octanol–water partition coefficient (Wildman–Crippen LogP) is 4.32. The molecule has 1 fully saturated rings. The van der Waals surface area contributed by atoms with Crippen LogP contribution in [-0.2, 0) is 11.3 Å². The molecule has 0 aliphatic carbocycles. The molecule has 1 saturated heterocycles. The van der Waals surface area contributed by atoms with Crippen LogP contribution in [0, 0.1) is 6.92 Å². The molecule has 1 atom stereocenters. The van der Waals surface area contributed by atoms with Gasteiger partial charge in [0.25, 0.3) is 0 Å². The average molecular weight is 412 g/mol. The van der Waals surface area contributed by atoms with E-state index in [1.807, 2.05) is 41.3 Å². The Hall–Kier alpha value is -2.47. The topological polar surface area (TPSA) is 59.2 Å². The number of amides is 1. The van der Waals surface area contributed by atoms with Gasteiger partial charge in [0, 0.05) is 29.5 Å². The van der Waals surface area contributed by atoms with Crippen LogP contribution in [-0.4, -0.2) is 27.5 Å². The number of hydrogen-bond donors (Lipinski definition) is 0. The Balaban J connectivity index is 1.49. The molecule has 132 valence electrons. The van der Waals surface area contributed by atoms with Crippen LogP contribution in [0.2, 0.25) is 0 Å². The third-order valence-electron chi connectivity index (χ3n) is 4.54. The van der Waals surface area contributed by atoms with E-state index in [-0.39, 0.29) is 11.8 Å². The zero-order valence-electron chi connectivity index (χ0n) is 14.4. The molecule has 26 heavy (non-hydrogen) atoms. The van der Waals surface area contributed by atoms with Crippen molar-refractivity contribution in [3.8, 4) is 11.4 Å². The first-order valence-electron chi connectivity index (χ1n) is 8.51. The Morgan fingerprint density at radius 2 is 2.08 bits per heavy atom. The van der Waals surface area contributed by atoms with Gasteiger partial charge in [-0.1, -0.05) is 63.0 Å². The number of nitrogens with zero attached hydrogens (tertiary/aromatic N) is 3. The minimum absolute atomic E-state index is 0.0549. The van der Waals surface area contributed by atoms with E-state index in [4.69, 9.17) is 4.52 Å². The van der Waals surface area contributed by atoms with Crippen molar-refractivity contribution in [2.24, 2.45) is 0 Å². The molecule has 3 aromatic rings. The summed E-state index contributed by atoms with van der Waals surface area (Å²) in [6.45, 7) is 3.27. The van der Waals surface area contributed by atoms with E-state index in [0.29, 0.717) is 31.2 Å². The molecule has 0 bridgehead atoms. The molecule has 2 aromatic carbocycles. The molecule has 2 heterocycles. The lowest BCUT2D eigenvalue weighted by Gasteiger charge is -2.16. The van der Waals surface area contributed by atoms with Gasteiger partial charge in [0.05, 0.1) is 5.92 Å². The maximum absolute atomic E-state index is 12.4. The lowest BCUT2D eigenvalue weighted by atomic mass is 10.1. The van der Waals surface area contributed by atoms with Crippen molar-refractivity contribution in [3.05, 3.63) is 70.0 Å². The molecule has 4 rings (SSSR count). The molecule has 0 saturated carbocycles. The second-order valence-electron chi connectivity index (χ2n) is 6.63. The minimum Gasteiger partial charge on any atom is -0.339 e. The first-order valence-corrected chi connectivity index (χ1v) is 9.30. The molecule has 1 aliphatic heterocycles. The maximum atomic E-state index is 12.4. The van der Waals surface area contributed by atoms with Crippen molar-refractivity contribution >= 4 is 21.8 Å². The Labute approximate surface area is 160 Å². The first-order chi connectivity index (χ1) is 12.6. The number of carbonyl (C=O) groups is 1. The third-order valence-corrected chi connectivity index (χ3v) is 5.04. The molecular weight excluding hydrogens is 394 g/mol. The van der Waals surface area contributed by atoms with Crippen LogP contribution in [0.15, 0.2) is 57.5 Å². The monoisotopic (exact) mass is 411 g/mol. The van der Waals surface area contributed by atoms with E-state index in [1.54, 1.807) is 0 Å². The highest BCUT2D eigenvalue weighted by atomic mass is 79.9. The molecule has 6 heteroatoms. The number of aryl methyl sites for hydroxylation is 1. The summed E-state index contributed by atoms with van der Waals surface area (Å²) in [7, 11) is 0. The molecule has 0 spiro atoms. The summed E-state index contributed by atoms with van der Waals surface area (Å²) in [4.78, 5) is 18.8. The number of benzene rings is 2. The smallest absolute Gasteiger partial charge is 0.232 e. The van der Waals surface area contributed by atoms with Gasteiger partial charge in [-0.15, -0.1) is 0 Å². The van der Waals surface area contributed by atoms with E-state index in [9.17, 15) is 4.79 Å². The summed E-state index contributed by atoms with van der Waals surface area (Å²) in [5.41, 5.74) is 3.22. The van der Waals surface area contributed by atoms with Gasteiger partial charge >= 0.3 is 0 Å². The predicted molar refractivity (Wildman–Crippen MR) is 101 cm³/mol. The summed E-state index contributed by atoms with van der Waals surface area (Å²) in [6.07, 6.45) is 0.409. The number of likely N-dealkylation sites (tertiary alicyclic amines) is 1. The number of carbonyl (C=O) groups excluding carboxylic acids is 1. The van der Waals surface area contributed by atoms with Gasteiger partial charge in [0.2, 0.25) is 17.6 Å². The fraction of sp³-hybridized carbons (Fsp3) is 0.250. The van der Waals surface area contributed by atoms with Crippen molar-refractivity contribution in [1.82, 2.24) is 15.0 Å². The van der Waals surface area contributed by atoms with Crippen LogP contribution in [0.25, 0.3) is 11.4 Å². The van der Waals surface area contributed by atoms with Crippen LogP contribution in [0.4, 0.5) is 0 Å². The molecule has 1 aromatic heterocycles. The second kappa shape index (κ2) is 7.03. The Kier molecular flexibility index (Phi) is 4.59. The largest absolute Gasteiger partial charge is 0.339 e. The van der Waals surface area contributed by atoms with Gasteiger partial charge in [0.1, 0.15) is 0 Å². The van der Waals surface area contributed by atoms with Crippen molar-refractivity contribution < 1.29 is 9.32 Å². The van der Waals surface area contributed by atoms with Crippen molar-refractivity contribution in [3.63, 3.8) is 0 Å². The van der Waals surface area contributed by atoms with Gasteiger partial charge in [-0.3, -0.25) is 4.79 Å². The highest BCUT2D eigenvalue weighted by Crippen LogP contribution is 2.30. The standard InChI is InChI=1S/C20H18BrN3O2/c1-13-4-2-5-14(8-13)11-24-12-16(10-18(24)25)20-22-19(23-26-20)15-6-3-7-17(21)9-15/h2-9,16H,10-12H2,1H3. The van der Waals surface area contributed by atoms with Crippen LogP contribution >= 0.6 is 15.9 Å². The normalized spacial score (nSPS) is 17.1. The van der Waals surface area contributed by atoms with Gasteiger partial charge in [-0.25, -0.2) is 0 Å². The van der Waals surface area contributed by atoms with Crippen molar-refractivity contribution in [2.75, 3.05) is 6.54 Å². The lowest BCUT2D eigenvalue weighted by Crippen LogP contribution is -2.24. The number of halogens is 1. The lowest BCUT2D eigenvalue weighted by molar-refractivity contribution is -0.128. The summed E-state index contributed by atoms with van der Waals surface area (Å²) >= 11 is 3.45. The SMILES string of the molecule is Cc1cccc(CN2CC(c3nc(-c4cccc(Br)c4)no3)CC2=O)c1. The molecule has 1 unspecified atom stereocenters. The average Bonchev–Trinajstić information content (AvgIpc) is 3.23. The second-order valence-corrected chi connectivity index (χ2v) is 7.55. The first kappa shape index (κ1) is 17.0. The zero-order chi connectivity index (χ0) is 18.1. The van der Waals surface area contributed by atoms with E-state index in [1.165, 1.54) is 5.56 Å². The summed E-state index contributed by atoms with van der Waals surface area (Å²) in [6, 6.07) is 16.0.